The van der Waals surface area contributed by atoms with Crippen LogP contribution in [0.2, 0.25) is 10.0 Å². The minimum Gasteiger partial charge on any atom is -0.379 e. The maximum Gasteiger partial charge on any atom is 0.137 e. The van der Waals surface area contributed by atoms with E-state index in [9.17, 15) is 8.78 Å². The van der Waals surface area contributed by atoms with Gasteiger partial charge >= 0.3 is 0 Å². The molecule has 1 nitrogen and oxygen atoms in total. The van der Waals surface area contributed by atoms with Crippen LogP contribution in [0.15, 0.2) is 34.8 Å². The molecule has 0 saturated carbocycles. The highest BCUT2D eigenvalue weighted by Crippen LogP contribution is 2.32. The summed E-state index contributed by atoms with van der Waals surface area (Å²) in [4.78, 5) is 0. The molecule has 0 spiro atoms. The van der Waals surface area contributed by atoms with Gasteiger partial charge in [-0.05, 0) is 39.7 Å². The number of rotatable bonds is 3. The van der Waals surface area contributed by atoms with Gasteiger partial charge in [0, 0.05) is 6.54 Å². The van der Waals surface area contributed by atoms with Crippen molar-refractivity contribution in [1.29, 1.82) is 0 Å². The molecule has 2 rings (SSSR count). The molecule has 0 aliphatic rings. The van der Waals surface area contributed by atoms with Crippen molar-refractivity contribution in [3.63, 3.8) is 0 Å². The van der Waals surface area contributed by atoms with Crippen molar-refractivity contribution >= 4 is 44.8 Å². The molecule has 100 valence electrons. The van der Waals surface area contributed by atoms with E-state index in [4.69, 9.17) is 23.2 Å². The first-order chi connectivity index (χ1) is 8.99. The number of anilines is 1. The summed E-state index contributed by atoms with van der Waals surface area (Å²) in [5, 5.41) is 3.32. The molecule has 0 unspecified atom stereocenters. The van der Waals surface area contributed by atoms with Gasteiger partial charge in [0.15, 0.2) is 0 Å². The first kappa shape index (κ1) is 14.6. The van der Waals surface area contributed by atoms with Crippen LogP contribution in [0.5, 0.6) is 0 Å². The summed E-state index contributed by atoms with van der Waals surface area (Å²) in [6.07, 6.45) is 0. The van der Waals surface area contributed by atoms with E-state index in [1.54, 1.807) is 12.1 Å². The highest BCUT2D eigenvalue weighted by atomic mass is 79.9. The summed E-state index contributed by atoms with van der Waals surface area (Å²) < 4.78 is 26.7. The largest absolute Gasteiger partial charge is 0.379 e. The summed E-state index contributed by atoms with van der Waals surface area (Å²) in [6, 6.07) is 7.04. The van der Waals surface area contributed by atoms with Gasteiger partial charge in [-0.3, -0.25) is 0 Å². The summed E-state index contributed by atoms with van der Waals surface area (Å²) in [6.45, 7) is 0.309. The van der Waals surface area contributed by atoms with Crippen LogP contribution in [0.3, 0.4) is 0 Å². The van der Waals surface area contributed by atoms with Gasteiger partial charge in [0.1, 0.15) is 11.6 Å². The highest BCUT2D eigenvalue weighted by molar-refractivity contribution is 9.10. The molecule has 0 radical (unpaired) electrons. The van der Waals surface area contributed by atoms with Crippen molar-refractivity contribution in [2.75, 3.05) is 5.32 Å². The third kappa shape index (κ3) is 3.38. The molecule has 0 heterocycles. The highest BCUT2D eigenvalue weighted by Gasteiger charge is 2.10. The molecule has 0 atom stereocenters. The van der Waals surface area contributed by atoms with Crippen molar-refractivity contribution < 1.29 is 8.78 Å². The number of benzene rings is 2. The Morgan fingerprint density at radius 2 is 1.74 bits per heavy atom. The molecular formula is C13H8BrCl2F2N. The van der Waals surface area contributed by atoms with E-state index in [0.717, 1.165) is 12.1 Å². The quantitative estimate of drug-likeness (QED) is 0.740. The van der Waals surface area contributed by atoms with Gasteiger partial charge in [-0.25, -0.2) is 8.78 Å². The van der Waals surface area contributed by atoms with Gasteiger partial charge in [0.05, 0.1) is 20.2 Å². The van der Waals surface area contributed by atoms with Gasteiger partial charge in [0.2, 0.25) is 0 Å². The number of hydrogen-bond donors (Lipinski definition) is 1. The summed E-state index contributed by atoms with van der Waals surface area (Å²) in [5.41, 5.74) is 1.12. The lowest BCUT2D eigenvalue weighted by atomic mass is 10.2. The van der Waals surface area contributed by atoms with Crippen LogP contribution in [0, 0.1) is 11.6 Å². The Balaban J connectivity index is 2.22. The molecule has 0 aliphatic carbocycles. The van der Waals surface area contributed by atoms with Crippen LogP contribution in [0.1, 0.15) is 5.56 Å². The van der Waals surface area contributed by atoms with Crippen LogP contribution >= 0.6 is 39.1 Å². The second kappa shape index (κ2) is 6.07. The third-order valence-corrected chi connectivity index (χ3v) is 3.98. The number of nitrogens with one attached hydrogen (secondary N) is 1. The molecule has 0 saturated heterocycles. The standard InChI is InChI=1S/C13H8BrCl2F2N/c14-12-7(2-1-3-11(12)18)6-19-13-9(15)4-8(17)5-10(13)16/h1-5,19H,6H2. The normalized spacial score (nSPS) is 10.6. The van der Waals surface area contributed by atoms with E-state index in [1.807, 2.05) is 0 Å². The molecule has 19 heavy (non-hydrogen) atoms. The zero-order valence-corrected chi connectivity index (χ0v) is 12.6. The Labute approximate surface area is 127 Å². The fourth-order valence-electron chi connectivity index (χ4n) is 1.58. The van der Waals surface area contributed by atoms with Gasteiger partial charge in [0.25, 0.3) is 0 Å². The minimum atomic E-state index is -0.507. The van der Waals surface area contributed by atoms with E-state index in [0.29, 0.717) is 22.3 Å². The Morgan fingerprint density at radius 1 is 1.11 bits per heavy atom. The fourth-order valence-corrected chi connectivity index (χ4v) is 2.58. The van der Waals surface area contributed by atoms with E-state index in [-0.39, 0.29) is 15.9 Å². The molecule has 0 aliphatic heterocycles. The lowest BCUT2D eigenvalue weighted by Crippen LogP contribution is -2.02. The van der Waals surface area contributed by atoms with Crippen molar-refractivity contribution in [2.24, 2.45) is 0 Å². The lowest BCUT2D eigenvalue weighted by molar-refractivity contribution is 0.618. The average Bonchev–Trinajstić information content (AvgIpc) is 2.33. The molecule has 2 aromatic carbocycles. The first-order valence-corrected chi connectivity index (χ1v) is 6.85. The van der Waals surface area contributed by atoms with E-state index in [2.05, 4.69) is 21.2 Å². The smallest absolute Gasteiger partial charge is 0.137 e. The van der Waals surface area contributed by atoms with Crippen molar-refractivity contribution in [3.05, 3.63) is 62.0 Å². The maximum absolute atomic E-state index is 13.3. The van der Waals surface area contributed by atoms with Crippen LogP contribution in [-0.2, 0) is 6.54 Å². The SMILES string of the molecule is Fc1cc(Cl)c(NCc2cccc(F)c2Br)c(Cl)c1. The predicted molar refractivity (Wildman–Crippen MR) is 77.8 cm³/mol. The monoisotopic (exact) mass is 365 g/mol. The van der Waals surface area contributed by atoms with E-state index in [1.165, 1.54) is 6.07 Å². The van der Waals surface area contributed by atoms with Gasteiger partial charge in [-0.1, -0.05) is 35.3 Å². The molecule has 0 bridgehead atoms. The Hall–Kier alpha value is -0.840. The fraction of sp³-hybridized carbons (Fsp3) is 0.0769. The van der Waals surface area contributed by atoms with E-state index < -0.39 is 5.82 Å². The minimum absolute atomic E-state index is 0.178. The number of hydrogen-bond acceptors (Lipinski definition) is 1. The summed E-state index contributed by atoms with van der Waals surface area (Å²) in [5.74, 6) is -0.858. The van der Waals surface area contributed by atoms with Crippen LogP contribution < -0.4 is 5.32 Å². The second-order valence-corrected chi connectivity index (χ2v) is 5.42. The Bertz CT molecular complexity index is 597. The molecular weight excluding hydrogens is 359 g/mol. The Kier molecular flexibility index (Phi) is 4.66. The molecule has 1 N–H and O–H groups in total. The van der Waals surface area contributed by atoms with Gasteiger partial charge in [-0.2, -0.15) is 0 Å². The van der Waals surface area contributed by atoms with Crippen molar-refractivity contribution in [3.8, 4) is 0 Å². The third-order valence-electron chi connectivity index (χ3n) is 2.49. The summed E-state index contributed by atoms with van der Waals surface area (Å²) >= 11 is 15.0. The molecule has 0 amide bonds. The first-order valence-electron chi connectivity index (χ1n) is 5.30. The predicted octanol–water partition coefficient (Wildman–Crippen LogP) is 5.65. The topological polar surface area (TPSA) is 12.0 Å². The molecule has 2 aromatic rings. The summed E-state index contributed by atoms with van der Waals surface area (Å²) in [7, 11) is 0. The van der Waals surface area contributed by atoms with E-state index >= 15 is 0 Å². The van der Waals surface area contributed by atoms with Crippen LogP contribution in [0.25, 0.3) is 0 Å². The van der Waals surface area contributed by atoms with Gasteiger partial charge in [-0.15, -0.1) is 0 Å². The zero-order chi connectivity index (χ0) is 14.0. The number of halogens is 5. The molecule has 6 heteroatoms. The van der Waals surface area contributed by atoms with Crippen molar-refractivity contribution in [1.82, 2.24) is 0 Å². The van der Waals surface area contributed by atoms with Crippen LogP contribution in [-0.4, -0.2) is 0 Å². The van der Waals surface area contributed by atoms with Gasteiger partial charge < -0.3 is 5.32 Å². The van der Waals surface area contributed by atoms with Crippen LogP contribution in [0.4, 0.5) is 14.5 Å². The maximum atomic E-state index is 13.3. The zero-order valence-electron chi connectivity index (χ0n) is 9.48. The Morgan fingerprint density at radius 3 is 2.37 bits per heavy atom. The average molecular weight is 367 g/mol. The second-order valence-electron chi connectivity index (χ2n) is 3.81. The van der Waals surface area contributed by atoms with Crippen molar-refractivity contribution in [2.45, 2.75) is 6.54 Å². The molecule has 0 fully saturated rings. The lowest BCUT2D eigenvalue weighted by Gasteiger charge is -2.12. The molecule has 0 aromatic heterocycles.